The van der Waals surface area contributed by atoms with E-state index in [-0.39, 0.29) is 11.4 Å². The number of methoxy groups -OCH3 is 1. The third kappa shape index (κ3) is 4.09. The summed E-state index contributed by atoms with van der Waals surface area (Å²) < 4.78 is 35.1. The number of nitrogens with one attached hydrogen (secondary N) is 1. The predicted molar refractivity (Wildman–Crippen MR) is 118 cm³/mol. The first-order valence-corrected chi connectivity index (χ1v) is 11.8. The van der Waals surface area contributed by atoms with Gasteiger partial charge in [-0.05, 0) is 31.5 Å². The molecule has 4 rings (SSSR count). The maximum atomic E-state index is 12.7. The molecule has 0 amide bonds. The highest BCUT2D eigenvalue weighted by Crippen LogP contribution is 2.25. The quantitative estimate of drug-likeness (QED) is 0.473. The second-order valence-electron chi connectivity index (χ2n) is 7.02. The van der Waals surface area contributed by atoms with Crippen LogP contribution in [0.15, 0.2) is 52.7 Å². The van der Waals surface area contributed by atoms with Crippen LogP contribution in [0.2, 0.25) is 0 Å². The first-order valence-electron chi connectivity index (χ1n) is 9.42. The molecule has 9 heteroatoms. The summed E-state index contributed by atoms with van der Waals surface area (Å²) in [5, 5.41) is 6.56. The van der Waals surface area contributed by atoms with Crippen LogP contribution in [0, 0.1) is 13.8 Å². The van der Waals surface area contributed by atoms with Gasteiger partial charge in [0, 0.05) is 23.9 Å². The molecular formula is C21H22N4O3S2. The van der Waals surface area contributed by atoms with Crippen molar-refractivity contribution in [3.8, 4) is 17.1 Å². The third-order valence-corrected chi connectivity index (χ3v) is 7.09. The first kappa shape index (κ1) is 20.5. The van der Waals surface area contributed by atoms with Crippen molar-refractivity contribution in [2.75, 3.05) is 13.7 Å². The van der Waals surface area contributed by atoms with Crippen molar-refractivity contribution in [2.24, 2.45) is 0 Å². The molecule has 2 aromatic carbocycles. The SMILES string of the molecule is COc1ccc(C)cc1S(=O)(=O)NCCc1csc2nc(-c3ccc(C)cc3)nn12. The Morgan fingerprint density at radius 2 is 1.83 bits per heavy atom. The number of fused-ring (bicyclic) bond motifs is 1. The molecule has 0 aliphatic carbocycles. The second-order valence-corrected chi connectivity index (χ2v) is 9.60. The summed E-state index contributed by atoms with van der Waals surface area (Å²) in [5.41, 5.74) is 3.88. The lowest BCUT2D eigenvalue weighted by molar-refractivity contribution is 0.402. The van der Waals surface area contributed by atoms with E-state index in [4.69, 9.17) is 4.74 Å². The first-order chi connectivity index (χ1) is 14.4. The van der Waals surface area contributed by atoms with E-state index in [2.05, 4.69) is 14.8 Å². The van der Waals surface area contributed by atoms with Gasteiger partial charge in [0.1, 0.15) is 10.6 Å². The molecule has 0 saturated heterocycles. The van der Waals surface area contributed by atoms with Crippen molar-refractivity contribution in [3.05, 3.63) is 64.7 Å². The van der Waals surface area contributed by atoms with Crippen LogP contribution in [-0.2, 0) is 16.4 Å². The van der Waals surface area contributed by atoms with Gasteiger partial charge < -0.3 is 4.74 Å². The molecule has 0 spiro atoms. The Hall–Kier alpha value is -2.75. The number of nitrogens with zero attached hydrogens (tertiary/aromatic N) is 3. The van der Waals surface area contributed by atoms with Crippen molar-refractivity contribution < 1.29 is 13.2 Å². The number of thiazole rings is 1. The summed E-state index contributed by atoms with van der Waals surface area (Å²) in [5.74, 6) is 0.984. The lowest BCUT2D eigenvalue weighted by atomic mass is 10.1. The lowest BCUT2D eigenvalue weighted by Crippen LogP contribution is -2.26. The predicted octanol–water partition coefficient (Wildman–Crippen LogP) is 3.60. The van der Waals surface area contributed by atoms with E-state index in [1.54, 1.807) is 16.6 Å². The minimum atomic E-state index is -3.69. The summed E-state index contributed by atoms with van der Waals surface area (Å²) in [4.78, 5) is 5.51. The van der Waals surface area contributed by atoms with Crippen molar-refractivity contribution in [3.63, 3.8) is 0 Å². The molecule has 0 fully saturated rings. The fourth-order valence-corrected chi connectivity index (χ4v) is 5.25. The van der Waals surface area contributed by atoms with Crippen LogP contribution in [-0.4, -0.2) is 36.7 Å². The van der Waals surface area contributed by atoms with E-state index in [0.717, 1.165) is 21.8 Å². The zero-order valence-corrected chi connectivity index (χ0v) is 18.5. The van der Waals surface area contributed by atoms with Crippen LogP contribution in [0.4, 0.5) is 0 Å². The molecule has 2 aromatic heterocycles. The Morgan fingerprint density at radius 3 is 2.57 bits per heavy atom. The Morgan fingerprint density at radius 1 is 1.10 bits per heavy atom. The third-order valence-electron chi connectivity index (χ3n) is 4.74. The Kier molecular flexibility index (Phi) is 5.59. The highest BCUT2D eigenvalue weighted by atomic mass is 32.2. The number of rotatable bonds is 7. The van der Waals surface area contributed by atoms with Gasteiger partial charge >= 0.3 is 0 Å². The maximum absolute atomic E-state index is 12.7. The van der Waals surface area contributed by atoms with Gasteiger partial charge in [-0.3, -0.25) is 0 Å². The molecule has 0 atom stereocenters. The zero-order chi connectivity index (χ0) is 21.3. The maximum Gasteiger partial charge on any atom is 0.244 e. The fraction of sp³-hybridized carbons (Fsp3) is 0.238. The summed E-state index contributed by atoms with van der Waals surface area (Å²) in [6, 6.07) is 13.1. The summed E-state index contributed by atoms with van der Waals surface area (Å²) >= 11 is 1.49. The molecule has 0 aliphatic heterocycles. The number of sulfonamides is 1. The highest BCUT2D eigenvalue weighted by Gasteiger charge is 2.20. The lowest BCUT2D eigenvalue weighted by Gasteiger charge is -2.11. The number of ether oxygens (including phenoxy) is 1. The van der Waals surface area contributed by atoms with Crippen molar-refractivity contribution in [1.29, 1.82) is 0 Å². The normalized spacial score (nSPS) is 11.8. The molecule has 4 aromatic rings. The van der Waals surface area contributed by atoms with Crippen molar-refractivity contribution in [2.45, 2.75) is 25.2 Å². The van der Waals surface area contributed by atoms with Crippen LogP contribution in [0.5, 0.6) is 5.75 Å². The standard InChI is InChI=1S/C21H22N4O3S2/c1-14-4-7-16(8-5-14)20-23-21-25(24-20)17(13-29-21)10-11-22-30(26,27)19-12-15(2)6-9-18(19)28-3/h4-9,12-13,22H,10-11H2,1-3H3. The molecule has 30 heavy (non-hydrogen) atoms. The Balaban J connectivity index is 1.50. The molecule has 0 unspecified atom stereocenters. The van der Waals surface area contributed by atoms with Crippen LogP contribution in [0.1, 0.15) is 16.8 Å². The minimum Gasteiger partial charge on any atom is -0.495 e. The highest BCUT2D eigenvalue weighted by molar-refractivity contribution is 7.89. The number of hydrogen-bond acceptors (Lipinski definition) is 6. The van der Waals surface area contributed by atoms with E-state index in [9.17, 15) is 8.42 Å². The summed E-state index contributed by atoms with van der Waals surface area (Å²) in [6.45, 7) is 4.12. The topological polar surface area (TPSA) is 85.6 Å². The summed E-state index contributed by atoms with van der Waals surface area (Å²) in [6.07, 6.45) is 0.490. The van der Waals surface area contributed by atoms with Gasteiger partial charge in [-0.15, -0.1) is 16.4 Å². The van der Waals surface area contributed by atoms with E-state index >= 15 is 0 Å². The van der Waals surface area contributed by atoms with Gasteiger partial charge in [-0.2, -0.15) is 4.98 Å². The molecule has 156 valence electrons. The van der Waals surface area contributed by atoms with Crippen molar-refractivity contribution in [1.82, 2.24) is 19.3 Å². The van der Waals surface area contributed by atoms with Gasteiger partial charge in [-0.25, -0.2) is 17.7 Å². The van der Waals surface area contributed by atoms with Crippen LogP contribution < -0.4 is 9.46 Å². The van der Waals surface area contributed by atoms with E-state index in [0.29, 0.717) is 18.0 Å². The molecular weight excluding hydrogens is 420 g/mol. The van der Waals surface area contributed by atoms with Crippen molar-refractivity contribution >= 4 is 26.3 Å². The van der Waals surface area contributed by atoms with Crippen LogP contribution >= 0.6 is 11.3 Å². The van der Waals surface area contributed by atoms with Gasteiger partial charge in [0.2, 0.25) is 15.0 Å². The van der Waals surface area contributed by atoms with Gasteiger partial charge in [0.25, 0.3) is 0 Å². The molecule has 0 radical (unpaired) electrons. The molecule has 2 heterocycles. The number of aromatic nitrogens is 3. The van der Waals surface area contributed by atoms with Gasteiger partial charge in [-0.1, -0.05) is 35.9 Å². The van der Waals surface area contributed by atoms with Crippen LogP contribution in [0.3, 0.4) is 0 Å². The zero-order valence-electron chi connectivity index (χ0n) is 16.9. The van der Waals surface area contributed by atoms with E-state index in [1.165, 1.54) is 24.0 Å². The Bertz CT molecular complexity index is 1290. The average molecular weight is 443 g/mol. The molecule has 7 nitrogen and oxygen atoms in total. The fourth-order valence-electron chi connectivity index (χ4n) is 3.11. The van der Waals surface area contributed by atoms with Gasteiger partial charge in [0.15, 0.2) is 5.82 Å². The number of benzene rings is 2. The van der Waals surface area contributed by atoms with Crippen LogP contribution in [0.25, 0.3) is 16.3 Å². The van der Waals surface area contributed by atoms with E-state index in [1.807, 2.05) is 49.6 Å². The van der Waals surface area contributed by atoms with Gasteiger partial charge in [0.05, 0.1) is 12.8 Å². The number of aryl methyl sites for hydroxylation is 2. The monoisotopic (exact) mass is 442 g/mol. The number of hydrogen-bond donors (Lipinski definition) is 1. The minimum absolute atomic E-state index is 0.142. The molecule has 0 aliphatic rings. The molecule has 0 bridgehead atoms. The second kappa shape index (κ2) is 8.17. The molecule has 1 N–H and O–H groups in total. The Labute approximate surface area is 179 Å². The largest absolute Gasteiger partial charge is 0.495 e. The van der Waals surface area contributed by atoms with E-state index < -0.39 is 10.0 Å². The average Bonchev–Trinajstić information content (AvgIpc) is 3.30. The molecule has 0 saturated carbocycles. The smallest absolute Gasteiger partial charge is 0.244 e. The summed E-state index contributed by atoms with van der Waals surface area (Å²) in [7, 11) is -2.23.